The second-order valence-electron chi connectivity index (χ2n) is 18.6. The zero-order valence-corrected chi connectivity index (χ0v) is 37.8. The summed E-state index contributed by atoms with van der Waals surface area (Å²) in [4.78, 5) is 2.44. The van der Waals surface area contributed by atoms with Crippen molar-refractivity contribution in [2.24, 2.45) is 0 Å². The first kappa shape index (κ1) is 39.6. The molecule has 0 amide bonds. The molecular weight excluding hydrogens is 795 g/mol. The van der Waals surface area contributed by atoms with Crippen molar-refractivity contribution in [2.45, 2.75) is 33.1 Å². The van der Waals surface area contributed by atoms with E-state index in [0.29, 0.717) is 0 Å². The van der Waals surface area contributed by atoms with Gasteiger partial charge < -0.3 is 4.90 Å². The molecule has 0 fully saturated rings. The zero-order chi connectivity index (χ0) is 44.5. The Kier molecular flexibility index (Phi) is 9.36. The van der Waals surface area contributed by atoms with Crippen LogP contribution in [0.25, 0.3) is 88.0 Å². The molecule has 0 aliphatic heterocycles. The standard InChI is InChI=1S/C65H49N/c1-42-36-43(2)38-51(37-42)66(49-31-28-44(29-32-49)48-30-34-54-53-25-16-17-27-60(53)65(3,4)61(54)39-48)50-33-35-56-59(40-50)52-24-14-15-26-55(52)63-58(46-20-10-6-11-21-46)41-57(45-18-8-5-9-19-45)62(64(56)63)47-22-12-7-13-23-47/h5-41H,1-4H3. The number of rotatable bonds is 7. The summed E-state index contributed by atoms with van der Waals surface area (Å²) >= 11 is 0. The monoisotopic (exact) mass is 843 g/mol. The predicted molar refractivity (Wildman–Crippen MR) is 282 cm³/mol. The summed E-state index contributed by atoms with van der Waals surface area (Å²) < 4.78 is 0. The third kappa shape index (κ3) is 6.45. The number of hydrogen-bond acceptors (Lipinski definition) is 1. The molecule has 314 valence electrons. The Hall–Kier alpha value is -8.00. The van der Waals surface area contributed by atoms with E-state index in [1.807, 2.05) is 0 Å². The van der Waals surface area contributed by atoms with Gasteiger partial charge in [-0.05, 0) is 173 Å². The van der Waals surface area contributed by atoms with Crippen LogP contribution in [0.5, 0.6) is 0 Å². The molecular formula is C65H49N. The summed E-state index contributed by atoms with van der Waals surface area (Å²) in [5.41, 5.74) is 21.0. The number of hydrogen-bond donors (Lipinski definition) is 0. The topological polar surface area (TPSA) is 3.24 Å². The molecule has 0 N–H and O–H groups in total. The average molecular weight is 844 g/mol. The van der Waals surface area contributed by atoms with E-state index in [4.69, 9.17) is 0 Å². The Morgan fingerprint density at radius 1 is 0.303 bits per heavy atom. The number of anilines is 3. The first-order valence-corrected chi connectivity index (χ1v) is 23.2. The molecule has 1 aliphatic carbocycles. The van der Waals surface area contributed by atoms with Gasteiger partial charge in [0.2, 0.25) is 0 Å². The van der Waals surface area contributed by atoms with Crippen LogP contribution in [-0.4, -0.2) is 0 Å². The van der Waals surface area contributed by atoms with Crippen molar-refractivity contribution in [3.8, 4) is 55.6 Å². The second kappa shape index (κ2) is 15.6. The van der Waals surface area contributed by atoms with Gasteiger partial charge in [-0.3, -0.25) is 0 Å². The summed E-state index contributed by atoms with van der Waals surface area (Å²) in [6.07, 6.45) is 0. The summed E-state index contributed by atoms with van der Waals surface area (Å²) in [5, 5.41) is 7.49. The van der Waals surface area contributed by atoms with E-state index in [1.165, 1.54) is 110 Å². The molecule has 11 aromatic rings. The normalized spacial score (nSPS) is 12.7. The minimum atomic E-state index is -0.0542. The van der Waals surface area contributed by atoms with Gasteiger partial charge in [-0.1, -0.05) is 190 Å². The maximum Gasteiger partial charge on any atom is 0.0468 e. The zero-order valence-electron chi connectivity index (χ0n) is 37.8. The van der Waals surface area contributed by atoms with E-state index >= 15 is 0 Å². The van der Waals surface area contributed by atoms with Crippen molar-refractivity contribution >= 4 is 49.4 Å². The molecule has 0 unspecified atom stereocenters. The Morgan fingerprint density at radius 3 is 1.55 bits per heavy atom. The molecule has 1 heteroatoms. The van der Waals surface area contributed by atoms with E-state index in [9.17, 15) is 0 Å². The molecule has 0 saturated heterocycles. The lowest BCUT2D eigenvalue weighted by Crippen LogP contribution is -2.14. The van der Waals surface area contributed by atoms with Crippen LogP contribution < -0.4 is 4.90 Å². The fourth-order valence-electron chi connectivity index (χ4n) is 11.1. The Labute approximate surface area is 387 Å². The van der Waals surface area contributed by atoms with Gasteiger partial charge in [-0.2, -0.15) is 0 Å². The van der Waals surface area contributed by atoms with Crippen LogP contribution in [0, 0.1) is 13.8 Å². The Bertz CT molecular complexity index is 3640. The maximum absolute atomic E-state index is 2.44. The van der Waals surface area contributed by atoms with Crippen LogP contribution in [-0.2, 0) is 5.41 Å². The van der Waals surface area contributed by atoms with E-state index in [1.54, 1.807) is 0 Å². The van der Waals surface area contributed by atoms with Gasteiger partial charge in [0.25, 0.3) is 0 Å². The molecule has 0 radical (unpaired) electrons. The second-order valence-corrected chi connectivity index (χ2v) is 18.6. The highest BCUT2D eigenvalue weighted by molar-refractivity contribution is 6.33. The highest BCUT2D eigenvalue weighted by Gasteiger charge is 2.35. The predicted octanol–water partition coefficient (Wildman–Crippen LogP) is 18.2. The van der Waals surface area contributed by atoms with Crippen molar-refractivity contribution in [3.63, 3.8) is 0 Å². The minimum absolute atomic E-state index is 0.0542. The summed E-state index contributed by atoms with van der Waals surface area (Å²) in [6.45, 7) is 9.11. The van der Waals surface area contributed by atoms with Crippen molar-refractivity contribution in [1.29, 1.82) is 0 Å². The van der Waals surface area contributed by atoms with Crippen molar-refractivity contribution < 1.29 is 0 Å². The molecule has 0 saturated carbocycles. The molecule has 11 aromatic carbocycles. The molecule has 0 spiro atoms. The first-order valence-electron chi connectivity index (χ1n) is 23.2. The van der Waals surface area contributed by atoms with E-state index in [0.717, 1.165) is 17.1 Å². The van der Waals surface area contributed by atoms with Gasteiger partial charge >= 0.3 is 0 Å². The third-order valence-electron chi connectivity index (χ3n) is 14.1. The smallest absolute Gasteiger partial charge is 0.0468 e. The van der Waals surface area contributed by atoms with Gasteiger partial charge in [-0.15, -0.1) is 0 Å². The highest BCUT2D eigenvalue weighted by Crippen LogP contribution is 2.52. The molecule has 66 heavy (non-hydrogen) atoms. The SMILES string of the molecule is Cc1cc(C)cc(N(c2ccc(-c3ccc4c(c3)C(C)(C)c3ccccc3-4)cc2)c2ccc3c(c2)c2ccccc2c2c(-c4ccccc4)cc(-c4ccccc4)c(-c4ccccc4)c32)c1. The number of nitrogens with zero attached hydrogens (tertiary/aromatic N) is 1. The Morgan fingerprint density at radius 2 is 0.848 bits per heavy atom. The van der Waals surface area contributed by atoms with Crippen molar-refractivity contribution in [3.05, 3.63) is 247 Å². The van der Waals surface area contributed by atoms with Crippen LogP contribution in [0.15, 0.2) is 224 Å². The average Bonchev–Trinajstić information content (AvgIpc) is 3.59. The highest BCUT2D eigenvalue weighted by atomic mass is 15.1. The Balaban J connectivity index is 1.09. The van der Waals surface area contributed by atoms with Crippen molar-refractivity contribution in [1.82, 2.24) is 0 Å². The number of benzene rings is 11. The summed E-state index contributed by atoms with van der Waals surface area (Å²) in [7, 11) is 0. The van der Waals surface area contributed by atoms with E-state index in [2.05, 4.69) is 257 Å². The third-order valence-corrected chi connectivity index (χ3v) is 14.1. The first-order chi connectivity index (χ1) is 32.3. The van der Waals surface area contributed by atoms with Gasteiger partial charge in [0.05, 0.1) is 0 Å². The van der Waals surface area contributed by atoms with Crippen LogP contribution >= 0.6 is 0 Å². The minimum Gasteiger partial charge on any atom is -0.310 e. The fourth-order valence-corrected chi connectivity index (χ4v) is 11.1. The quantitative estimate of drug-likeness (QED) is 0.145. The lowest BCUT2D eigenvalue weighted by molar-refractivity contribution is 0.660. The van der Waals surface area contributed by atoms with Crippen LogP contribution in [0.3, 0.4) is 0 Å². The lowest BCUT2D eigenvalue weighted by atomic mass is 9.81. The van der Waals surface area contributed by atoms with Crippen LogP contribution in [0.4, 0.5) is 17.1 Å². The van der Waals surface area contributed by atoms with Crippen LogP contribution in [0.1, 0.15) is 36.1 Å². The van der Waals surface area contributed by atoms with Gasteiger partial charge in [0.15, 0.2) is 0 Å². The fraction of sp³-hybridized carbons (Fsp3) is 0.0769. The molecule has 0 heterocycles. The molecule has 12 rings (SSSR count). The van der Waals surface area contributed by atoms with Gasteiger partial charge in [0, 0.05) is 22.5 Å². The summed E-state index contributed by atoms with van der Waals surface area (Å²) in [6, 6.07) is 83.5. The molecule has 0 atom stereocenters. The van der Waals surface area contributed by atoms with Crippen molar-refractivity contribution in [2.75, 3.05) is 4.90 Å². The molecule has 0 aromatic heterocycles. The van der Waals surface area contributed by atoms with Gasteiger partial charge in [0.1, 0.15) is 0 Å². The number of aryl methyl sites for hydroxylation is 2. The van der Waals surface area contributed by atoms with E-state index in [-0.39, 0.29) is 5.41 Å². The molecule has 1 nitrogen and oxygen atoms in total. The van der Waals surface area contributed by atoms with Crippen LogP contribution in [0.2, 0.25) is 0 Å². The number of fused-ring (bicyclic) bond motifs is 9. The van der Waals surface area contributed by atoms with E-state index < -0.39 is 0 Å². The molecule has 1 aliphatic rings. The molecule has 0 bridgehead atoms. The lowest BCUT2D eigenvalue weighted by Gasteiger charge is -2.28. The summed E-state index contributed by atoms with van der Waals surface area (Å²) in [5.74, 6) is 0. The van der Waals surface area contributed by atoms with Gasteiger partial charge in [-0.25, -0.2) is 0 Å². The largest absolute Gasteiger partial charge is 0.310 e. The maximum atomic E-state index is 2.44.